The van der Waals surface area contributed by atoms with Gasteiger partial charge in [-0.15, -0.1) is 10.2 Å². The van der Waals surface area contributed by atoms with Crippen molar-refractivity contribution >= 4 is 41.3 Å². The summed E-state index contributed by atoms with van der Waals surface area (Å²) in [7, 11) is 0. The summed E-state index contributed by atoms with van der Waals surface area (Å²) in [6, 6.07) is 6.87. The molecule has 2 amide bonds. The largest absolute Gasteiger partial charge is 0.355 e. The molecule has 3 aromatic rings. The Labute approximate surface area is 171 Å². The smallest absolute Gasteiger partial charge is 0.261 e. The van der Waals surface area contributed by atoms with Gasteiger partial charge in [0.15, 0.2) is 5.16 Å². The van der Waals surface area contributed by atoms with E-state index in [1.54, 1.807) is 28.7 Å². The van der Waals surface area contributed by atoms with E-state index in [0.29, 0.717) is 52.8 Å². The molecule has 2 N–H and O–H groups in total. The number of hydrogen-bond acceptors (Lipinski definition) is 9. The van der Waals surface area contributed by atoms with Crippen molar-refractivity contribution < 1.29 is 9.59 Å². The number of aromatic nitrogens is 5. The van der Waals surface area contributed by atoms with Gasteiger partial charge in [0.05, 0.1) is 11.1 Å². The van der Waals surface area contributed by atoms with Crippen LogP contribution in [0.2, 0.25) is 0 Å². The van der Waals surface area contributed by atoms with Gasteiger partial charge in [0, 0.05) is 25.4 Å². The van der Waals surface area contributed by atoms with E-state index < -0.39 is 0 Å². The zero-order valence-electron chi connectivity index (χ0n) is 16.0. The highest BCUT2D eigenvalue weighted by Crippen LogP contribution is 2.25. The number of carbonyl (C=O) groups excluding carboxylic acids is 2. The molecule has 29 heavy (non-hydrogen) atoms. The number of amides is 2. The Morgan fingerprint density at radius 2 is 1.66 bits per heavy atom. The fraction of sp³-hybridized carbons (Fsp3) is 0.333. The third-order valence-electron chi connectivity index (χ3n) is 4.34. The molecule has 1 aromatic carbocycles. The van der Waals surface area contributed by atoms with Crippen LogP contribution in [0.25, 0.3) is 5.78 Å². The van der Waals surface area contributed by atoms with Crippen LogP contribution in [0.1, 0.15) is 34.6 Å². The van der Waals surface area contributed by atoms with Crippen molar-refractivity contribution in [3.05, 3.63) is 35.4 Å². The van der Waals surface area contributed by atoms with Crippen LogP contribution in [0.15, 0.2) is 29.4 Å². The quantitative estimate of drug-likeness (QED) is 0.421. The topological polar surface area (TPSA) is 117 Å². The van der Waals surface area contributed by atoms with E-state index in [1.165, 1.54) is 16.7 Å². The summed E-state index contributed by atoms with van der Waals surface area (Å²) in [5, 5.41) is 15.2. The predicted molar refractivity (Wildman–Crippen MR) is 109 cm³/mol. The maximum atomic E-state index is 12.5. The lowest BCUT2D eigenvalue weighted by Gasteiger charge is -2.13. The van der Waals surface area contributed by atoms with Crippen LogP contribution < -0.4 is 10.6 Å². The van der Waals surface area contributed by atoms with Gasteiger partial charge in [0.25, 0.3) is 17.6 Å². The predicted octanol–water partition coefficient (Wildman–Crippen LogP) is 1.77. The molecule has 0 radical (unpaired) electrons. The van der Waals surface area contributed by atoms with Crippen molar-refractivity contribution in [1.29, 1.82) is 0 Å². The van der Waals surface area contributed by atoms with E-state index in [-0.39, 0.29) is 18.4 Å². The number of thioether (sulfide) groups is 1. The number of carbonyl (C=O) groups is 2. The van der Waals surface area contributed by atoms with Crippen LogP contribution in [0.3, 0.4) is 0 Å². The van der Waals surface area contributed by atoms with Crippen LogP contribution in [0, 0.1) is 0 Å². The highest BCUT2D eigenvalue weighted by molar-refractivity contribution is 7.99. The third kappa shape index (κ3) is 3.48. The van der Waals surface area contributed by atoms with Gasteiger partial charge in [-0.05, 0) is 26.0 Å². The zero-order chi connectivity index (χ0) is 20.4. The van der Waals surface area contributed by atoms with Crippen LogP contribution in [-0.4, -0.2) is 66.7 Å². The van der Waals surface area contributed by atoms with Gasteiger partial charge in [-0.25, -0.2) is 4.40 Å². The molecule has 0 aliphatic carbocycles. The van der Waals surface area contributed by atoms with Gasteiger partial charge < -0.3 is 10.6 Å². The number of nitrogens with one attached hydrogen (secondary N) is 2. The molecule has 11 heteroatoms. The molecular formula is C18H20N8O2S. The highest BCUT2D eigenvalue weighted by Gasteiger charge is 2.34. The number of fused-ring (bicyclic) bond motifs is 2. The number of benzene rings is 1. The Morgan fingerprint density at radius 3 is 2.31 bits per heavy atom. The zero-order valence-corrected chi connectivity index (χ0v) is 16.9. The summed E-state index contributed by atoms with van der Waals surface area (Å²) >= 11 is 1.39. The maximum Gasteiger partial charge on any atom is 0.261 e. The maximum absolute atomic E-state index is 12.5. The van der Waals surface area contributed by atoms with Gasteiger partial charge in [-0.2, -0.15) is 9.97 Å². The van der Waals surface area contributed by atoms with Crippen molar-refractivity contribution in [3.8, 4) is 0 Å². The van der Waals surface area contributed by atoms with E-state index >= 15 is 0 Å². The minimum absolute atomic E-state index is 0.260. The SMILES string of the molecule is CCNc1nc(NCC)n2c(SCCN3C(=O)c4ccccc4C3=O)nnc2n1. The lowest BCUT2D eigenvalue weighted by Crippen LogP contribution is -2.31. The minimum Gasteiger partial charge on any atom is -0.355 e. The molecule has 1 aliphatic heterocycles. The summed E-state index contributed by atoms with van der Waals surface area (Å²) in [4.78, 5) is 35.0. The second-order valence-electron chi connectivity index (χ2n) is 6.21. The normalized spacial score (nSPS) is 13.2. The highest BCUT2D eigenvalue weighted by atomic mass is 32.2. The lowest BCUT2D eigenvalue weighted by molar-refractivity contribution is 0.0664. The van der Waals surface area contributed by atoms with Crippen molar-refractivity contribution in [3.63, 3.8) is 0 Å². The fourth-order valence-electron chi connectivity index (χ4n) is 3.07. The molecule has 0 atom stereocenters. The van der Waals surface area contributed by atoms with Crippen molar-refractivity contribution in [2.24, 2.45) is 0 Å². The molecule has 0 fully saturated rings. The van der Waals surface area contributed by atoms with Crippen molar-refractivity contribution in [1.82, 2.24) is 29.5 Å². The summed E-state index contributed by atoms with van der Waals surface area (Å²) in [5.41, 5.74) is 0.906. The van der Waals surface area contributed by atoms with E-state index in [9.17, 15) is 9.59 Å². The van der Waals surface area contributed by atoms with E-state index in [1.807, 2.05) is 13.8 Å². The van der Waals surface area contributed by atoms with E-state index in [2.05, 4.69) is 30.8 Å². The first kappa shape index (κ1) is 19.1. The molecule has 0 unspecified atom stereocenters. The summed E-state index contributed by atoms with van der Waals surface area (Å²) in [6.07, 6.45) is 0. The number of nitrogens with zero attached hydrogens (tertiary/aromatic N) is 6. The number of rotatable bonds is 8. The van der Waals surface area contributed by atoms with Crippen molar-refractivity contribution in [2.75, 3.05) is 36.0 Å². The monoisotopic (exact) mass is 412 g/mol. The molecule has 2 aromatic heterocycles. The second-order valence-corrected chi connectivity index (χ2v) is 7.27. The summed E-state index contributed by atoms with van der Waals surface area (Å²) < 4.78 is 1.73. The van der Waals surface area contributed by atoms with Crippen LogP contribution in [0.5, 0.6) is 0 Å². The van der Waals surface area contributed by atoms with Crippen LogP contribution in [0.4, 0.5) is 11.9 Å². The molecule has 1 aliphatic rings. The number of anilines is 2. The van der Waals surface area contributed by atoms with Crippen LogP contribution >= 0.6 is 11.8 Å². The summed E-state index contributed by atoms with van der Waals surface area (Å²) in [6.45, 7) is 5.58. The molecule has 0 bridgehead atoms. The van der Waals surface area contributed by atoms with Gasteiger partial charge >= 0.3 is 0 Å². The van der Waals surface area contributed by atoms with Crippen molar-refractivity contribution in [2.45, 2.75) is 19.0 Å². The second kappa shape index (κ2) is 8.03. The third-order valence-corrected chi connectivity index (χ3v) is 5.25. The Kier molecular flexibility index (Phi) is 5.30. The molecular weight excluding hydrogens is 392 g/mol. The Balaban J connectivity index is 1.51. The van der Waals surface area contributed by atoms with E-state index in [4.69, 9.17) is 0 Å². The van der Waals surface area contributed by atoms with Gasteiger partial charge in [0.1, 0.15) is 0 Å². The fourth-order valence-corrected chi connectivity index (χ4v) is 3.92. The Bertz CT molecular complexity index is 1050. The van der Waals surface area contributed by atoms with Crippen LogP contribution in [-0.2, 0) is 0 Å². The lowest BCUT2D eigenvalue weighted by atomic mass is 10.1. The van der Waals surface area contributed by atoms with Gasteiger partial charge in [-0.1, -0.05) is 23.9 Å². The first-order valence-corrected chi connectivity index (χ1v) is 10.3. The first-order valence-electron chi connectivity index (χ1n) is 9.33. The molecule has 3 heterocycles. The molecule has 0 saturated heterocycles. The standard InChI is InChI=1S/C18H20N8O2S/c1-3-19-15-21-16(20-4-2)26-17(22-15)23-24-18(26)29-10-9-25-13(27)11-7-5-6-8-12(11)14(25)28/h5-8H,3-4,9-10H2,1-2H3,(H2,19,20,21,22,23). The summed E-state index contributed by atoms with van der Waals surface area (Å²) in [5.74, 6) is 1.45. The molecule has 10 nitrogen and oxygen atoms in total. The molecule has 4 rings (SSSR count). The van der Waals surface area contributed by atoms with Gasteiger partial charge in [-0.3, -0.25) is 14.5 Å². The molecule has 0 saturated carbocycles. The average Bonchev–Trinajstić information content (AvgIpc) is 3.23. The molecule has 150 valence electrons. The molecule has 0 spiro atoms. The number of imide groups is 1. The van der Waals surface area contributed by atoms with Gasteiger partial charge in [0.2, 0.25) is 11.9 Å². The Hall–Kier alpha value is -3.21. The first-order chi connectivity index (χ1) is 14.1. The van der Waals surface area contributed by atoms with E-state index in [0.717, 1.165) is 0 Å². The average molecular weight is 412 g/mol. The number of hydrogen-bond donors (Lipinski definition) is 2. The minimum atomic E-state index is -0.260. The Morgan fingerprint density at radius 1 is 0.966 bits per heavy atom.